The van der Waals surface area contributed by atoms with Crippen molar-refractivity contribution < 1.29 is 9.53 Å². The van der Waals surface area contributed by atoms with Gasteiger partial charge in [-0.15, -0.1) is 0 Å². The van der Waals surface area contributed by atoms with Crippen LogP contribution in [0.2, 0.25) is 0 Å². The highest BCUT2D eigenvalue weighted by Gasteiger charge is 2.10. The van der Waals surface area contributed by atoms with E-state index in [1.165, 1.54) is 11.1 Å². The van der Waals surface area contributed by atoms with E-state index in [2.05, 4.69) is 19.9 Å². The minimum Gasteiger partial charge on any atom is -0.457 e. The Labute approximate surface area is 120 Å². The molecule has 2 nitrogen and oxygen atoms in total. The maximum absolute atomic E-state index is 11.6. The Kier molecular flexibility index (Phi) is 3.93. The number of benzene rings is 2. The lowest BCUT2D eigenvalue weighted by molar-refractivity contribution is 0.101. The van der Waals surface area contributed by atoms with E-state index in [4.69, 9.17) is 4.74 Å². The molecule has 0 N–H and O–H groups in total. The molecule has 0 amide bonds. The van der Waals surface area contributed by atoms with E-state index in [0.717, 1.165) is 28.2 Å². The third kappa shape index (κ3) is 3.08. The van der Waals surface area contributed by atoms with E-state index in [-0.39, 0.29) is 5.78 Å². The zero-order valence-electron chi connectivity index (χ0n) is 12.7. The van der Waals surface area contributed by atoms with Crippen LogP contribution < -0.4 is 4.74 Å². The third-order valence-corrected chi connectivity index (χ3v) is 3.29. The van der Waals surface area contributed by atoms with Gasteiger partial charge in [0, 0.05) is 5.56 Å². The predicted molar refractivity (Wildman–Crippen MR) is 81.9 cm³/mol. The fraction of sp³-hybridized carbons (Fsp3) is 0.278. The Bertz CT molecular complexity index is 626. The number of rotatable bonds is 3. The quantitative estimate of drug-likeness (QED) is 0.739. The van der Waals surface area contributed by atoms with Gasteiger partial charge in [-0.25, -0.2) is 0 Å². The van der Waals surface area contributed by atoms with Crippen molar-refractivity contribution >= 4 is 5.78 Å². The van der Waals surface area contributed by atoms with E-state index < -0.39 is 0 Å². The number of Topliss-reactive ketones (excluding diaryl/α,β-unsaturated/α-hetero) is 1. The molecule has 0 unspecified atom stereocenters. The third-order valence-electron chi connectivity index (χ3n) is 3.29. The van der Waals surface area contributed by atoms with Gasteiger partial charge in [0.15, 0.2) is 5.78 Å². The van der Waals surface area contributed by atoms with Crippen LogP contribution in [0.15, 0.2) is 30.3 Å². The molecular formula is C18H20O2. The van der Waals surface area contributed by atoms with E-state index in [9.17, 15) is 4.79 Å². The van der Waals surface area contributed by atoms with E-state index >= 15 is 0 Å². The number of aryl methyl sites for hydroxylation is 4. The minimum absolute atomic E-state index is 0.0953. The van der Waals surface area contributed by atoms with Crippen molar-refractivity contribution in [3.05, 3.63) is 58.1 Å². The molecule has 0 saturated heterocycles. The van der Waals surface area contributed by atoms with Gasteiger partial charge in [-0.1, -0.05) is 6.07 Å². The summed E-state index contributed by atoms with van der Waals surface area (Å²) in [5, 5.41) is 0. The highest BCUT2D eigenvalue weighted by molar-refractivity contribution is 5.97. The molecule has 0 aromatic heterocycles. The Hall–Kier alpha value is -2.09. The zero-order valence-corrected chi connectivity index (χ0v) is 12.7. The zero-order chi connectivity index (χ0) is 14.9. The molecule has 20 heavy (non-hydrogen) atoms. The first-order valence-electron chi connectivity index (χ1n) is 6.75. The number of carbonyl (C=O) groups excluding carboxylic acids is 1. The van der Waals surface area contributed by atoms with Crippen LogP contribution in [0.5, 0.6) is 11.5 Å². The average molecular weight is 268 g/mol. The van der Waals surface area contributed by atoms with Crippen molar-refractivity contribution in [2.75, 3.05) is 0 Å². The number of hydrogen-bond acceptors (Lipinski definition) is 2. The van der Waals surface area contributed by atoms with Crippen LogP contribution in [-0.4, -0.2) is 5.78 Å². The largest absolute Gasteiger partial charge is 0.457 e. The lowest BCUT2D eigenvalue weighted by atomic mass is 9.99. The van der Waals surface area contributed by atoms with E-state index in [1.807, 2.05) is 38.1 Å². The van der Waals surface area contributed by atoms with Crippen LogP contribution in [0, 0.1) is 27.7 Å². The molecule has 0 heterocycles. The fourth-order valence-electron chi connectivity index (χ4n) is 2.67. The lowest BCUT2D eigenvalue weighted by Gasteiger charge is -2.12. The predicted octanol–water partition coefficient (Wildman–Crippen LogP) is 4.92. The summed E-state index contributed by atoms with van der Waals surface area (Å²) in [7, 11) is 0. The molecule has 0 aliphatic rings. The van der Waals surface area contributed by atoms with Crippen LogP contribution in [0.3, 0.4) is 0 Å². The summed E-state index contributed by atoms with van der Waals surface area (Å²) in [6.45, 7) is 9.58. The molecule has 0 saturated carbocycles. The second-order valence-electron chi connectivity index (χ2n) is 5.41. The van der Waals surface area contributed by atoms with Gasteiger partial charge in [-0.2, -0.15) is 0 Å². The van der Waals surface area contributed by atoms with Crippen molar-refractivity contribution in [2.45, 2.75) is 34.6 Å². The summed E-state index contributed by atoms with van der Waals surface area (Å²) in [6.07, 6.45) is 0. The Balaban J connectivity index is 2.37. The number of hydrogen-bond donors (Lipinski definition) is 0. The van der Waals surface area contributed by atoms with Crippen LogP contribution in [0.4, 0.5) is 0 Å². The van der Waals surface area contributed by atoms with Crippen LogP contribution >= 0.6 is 0 Å². The van der Waals surface area contributed by atoms with Crippen LogP contribution in [0.25, 0.3) is 0 Å². The summed E-state index contributed by atoms with van der Waals surface area (Å²) in [5.74, 6) is 1.70. The van der Waals surface area contributed by atoms with E-state index in [1.54, 1.807) is 6.92 Å². The molecule has 0 spiro atoms. The van der Waals surface area contributed by atoms with Crippen molar-refractivity contribution in [1.29, 1.82) is 0 Å². The molecule has 0 bridgehead atoms. The molecular weight excluding hydrogens is 248 g/mol. The summed E-state index contributed by atoms with van der Waals surface area (Å²) in [6, 6.07) is 9.97. The van der Waals surface area contributed by atoms with E-state index in [0.29, 0.717) is 0 Å². The normalized spacial score (nSPS) is 10.4. The topological polar surface area (TPSA) is 26.3 Å². The minimum atomic E-state index is 0.0953. The van der Waals surface area contributed by atoms with Gasteiger partial charge in [0.2, 0.25) is 0 Å². The number of carbonyl (C=O) groups is 1. The summed E-state index contributed by atoms with van der Waals surface area (Å²) in [5.41, 5.74) is 5.05. The summed E-state index contributed by atoms with van der Waals surface area (Å²) < 4.78 is 5.93. The van der Waals surface area contributed by atoms with Gasteiger partial charge in [-0.05, 0) is 81.1 Å². The summed E-state index contributed by atoms with van der Waals surface area (Å²) >= 11 is 0. The van der Waals surface area contributed by atoms with Gasteiger partial charge in [0.05, 0.1) is 0 Å². The molecule has 0 fully saturated rings. The second-order valence-corrected chi connectivity index (χ2v) is 5.41. The fourth-order valence-corrected chi connectivity index (χ4v) is 2.67. The van der Waals surface area contributed by atoms with Crippen molar-refractivity contribution in [3.63, 3.8) is 0 Å². The van der Waals surface area contributed by atoms with Gasteiger partial charge in [0.1, 0.15) is 11.5 Å². The Morgan fingerprint density at radius 3 is 1.70 bits per heavy atom. The average Bonchev–Trinajstić information content (AvgIpc) is 2.25. The molecule has 2 rings (SSSR count). The van der Waals surface area contributed by atoms with Crippen LogP contribution in [-0.2, 0) is 0 Å². The maximum Gasteiger partial charge on any atom is 0.160 e. The summed E-state index contributed by atoms with van der Waals surface area (Å²) in [4.78, 5) is 11.6. The van der Waals surface area contributed by atoms with Crippen molar-refractivity contribution in [3.8, 4) is 11.5 Å². The molecule has 0 radical (unpaired) electrons. The molecule has 2 aromatic rings. The Morgan fingerprint density at radius 1 is 0.800 bits per heavy atom. The number of ether oxygens (including phenoxy) is 1. The molecule has 104 valence electrons. The standard InChI is InChI=1S/C18H20O2/c1-11-6-12(2)8-16(7-11)20-17-9-13(3)18(15(5)19)14(4)10-17/h6-10H,1-5H3. The van der Waals surface area contributed by atoms with Gasteiger partial charge in [-0.3, -0.25) is 4.79 Å². The first-order valence-corrected chi connectivity index (χ1v) is 6.75. The SMILES string of the molecule is CC(=O)c1c(C)cc(Oc2cc(C)cc(C)c2)cc1C. The molecule has 0 aliphatic carbocycles. The molecule has 0 atom stereocenters. The monoisotopic (exact) mass is 268 g/mol. The van der Waals surface area contributed by atoms with Gasteiger partial charge >= 0.3 is 0 Å². The highest BCUT2D eigenvalue weighted by Crippen LogP contribution is 2.28. The maximum atomic E-state index is 11.6. The number of ketones is 1. The van der Waals surface area contributed by atoms with Gasteiger partial charge < -0.3 is 4.74 Å². The molecule has 0 aliphatic heterocycles. The first-order chi connectivity index (χ1) is 9.36. The van der Waals surface area contributed by atoms with Crippen molar-refractivity contribution in [2.24, 2.45) is 0 Å². The lowest BCUT2D eigenvalue weighted by Crippen LogP contribution is -2.00. The highest BCUT2D eigenvalue weighted by atomic mass is 16.5. The molecule has 2 aromatic carbocycles. The second kappa shape index (κ2) is 5.49. The smallest absolute Gasteiger partial charge is 0.160 e. The Morgan fingerprint density at radius 2 is 1.25 bits per heavy atom. The molecule has 2 heteroatoms. The van der Waals surface area contributed by atoms with Crippen LogP contribution in [0.1, 0.15) is 39.5 Å². The van der Waals surface area contributed by atoms with Gasteiger partial charge in [0.25, 0.3) is 0 Å². The van der Waals surface area contributed by atoms with Crippen molar-refractivity contribution in [1.82, 2.24) is 0 Å². The first kappa shape index (κ1) is 14.3.